The van der Waals surface area contributed by atoms with Gasteiger partial charge in [-0.25, -0.2) is 0 Å². The Morgan fingerprint density at radius 3 is 2.06 bits per heavy atom. The fourth-order valence-electron chi connectivity index (χ4n) is 1.84. The molecule has 1 aliphatic rings. The van der Waals surface area contributed by atoms with Crippen LogP contribution in [0.1, 0.15) is 19.4 Å². The minimum Gasteiger partial charge on any atom is -0.293 e. The lowest BCUT2D eigenvalue weighted by molar-refractivity contribution is -0.144. The average molecular weight is 228 g/mol. The maximum Gasteiger partial charge on any atom is 0.223 e. The minimum absolute atomic E-state index is 0.298. The van der Waals surface area contributed by atoms with Gasteiger partial charge in [-0.2, -0.15) is 0 Å². The molecule has 86 valence electrons. The maximum absolute atomic E-state index is 12.2. The Bertz CT molecular complexity index is 536. The van der Waals surface area contributed by atoms with E-state index in [1.807, 2.05) is 6.07 Å². The summed E-state index contributed by atoms with van der Waals surface area (Å²) in [5.74, 6) is -1.54. The minimum atomic E-state index is -1.25. The fraction of sp³-hybridized carbons (Fsp3) is 0.214. The van der Waals surface area contributed by atoms with E-state index in [9.17, 15) is 14.4 Å². The van der Waals surface area contributed by atoms with E-state index in [4.69, 9.17) is 0 Å². The number of ketones is 3. The van der Waals surface area contributed by atoms with Gasteiger partial charge in [0.25, 0.3) is 0 Å². The summed E-state index contributed by atoms with van der Waals surface area (Å²) in [6.45, 7) is 2.98. The Morgan fingerprint density at radius 1 is 0.882 bits per heavy atom. The highest BCUT2D eigenvalue weighted by molar-refractivity contribution is 6.55. The molecule has 0 saturated heterocycles. The molecule has 1 aliphatic carbocycles. The van der Waals surface area contributed by atoms with Crippen LogP contribution in [0, 0.1) is 5.41 Å². The first-order chi connectivity index (χ1) is 7.94. The Balaban J connectivity index is 2.57. The van der Waals surface area contributed by atoms with Gasteiger partial charge < -0.3 is 0 Å². The van der Waals surface area contributed by atoms with E-state index in [1.165, 1.54) is 13.8 Å². The van der Waals surface area contributed by atoms with Crippen molar-refractivity contribution >= 4 is 22.9 Å². The molecule has 0 unspecified atom stereocenters. The van der Waals surface area contributed by atoms with Gasteiger partial charge in [-0.05, 0) is 19.4 Å². The second-order valence-corrected chi connectivity index (χ2v) is 4.57. The topological polar surface area (TPSA) is 51.2 Å². The molecule has 1 aromatic rings. The predicted octanol–water partition coefficient (Wildman–Crippen LogP) is 1.82. The molecule has 0 spiro atoms. The largest absolute Gasteiger partial charge is 0.293 e. The zero-order valence-corrected chi connectivity index (χ0v) is 9.69. The molecule has 1 aromatic carbocycles. The summed E-state index contributed by atoms with van der Waals surface area (Å²) in [6, 6.07) is 8.91. The Morgan fingerprint density at radius 2 is 1.47 bits per heavy atom. The van der Waals surface area contributed by atoms with Gasteiger partial charge in [0.05, 0.1) is 5.41 Å². The lowest BCUT2D eigenvalue weighted by atomic mass is 9.73. The number of hydrogen-bond donors (Lipinski definition) is 0. The van der Waals surface area contributed by atoms with Gasteiger partial charge in [-0.15, -0.1) is 0 Å². The van der Waals surface area contributed by atoms with E-state index in [0.717, 1.165) is 6.08 Å². The SMILES string of the molecule is CC1(C)C(=O)C(=O)C=C(c2ccccc2)C1=O. The fourth-order valence-corrected chi connectivity index (χ4v) is 1.84. The maximum atomic E-state index is 12.2. The molecule has 0 N–H and O–H groups in total. The van der Waals surface area contributed by atoms with Gasteiger partial charge in [0.15, 0.2) is 5.78 Å². The molecule has 0 atom stereocenters. The third kappa shape index (κ3) is 1.73. The number of allylic oxidation sites excluding steroid dienone is 2. The lowest BCUT2D eigenvalue weighted by Crippen LogP contribution is -2.41. The summed E-state index contributed by atoms with van der Waals surface area (Å²) in [4.78, 5) is 35.3. The summed E-state index contributed by atoms with van der Waals surface area (Å²) in [7, 11) is 0. The third-order valence-corrected chi connectivity index (χ3v) is 2.96. The van der Waals surface area contributed by atoms with Gasteiger partial charge >= 0.3 is 0 Å². The molecule has 3 heteroatoms. The molecule has 17 heavy (non-hydrogen) atoms. The number of rotatable bonds is 1. The van der Waals surface area contributed by atoms with E-state index in [0.29, 0.717) is 11.1 Å². The van der Waals surface area contributed by atoms with Crippen LogP contribution in [0.4, 0.5) is 0 Å². The molecule has 0 aliphatic heterocycles. The van der Waals surface area contributed by atoms with Crippen molar-refractivity contribution in [1.82, 2.24) is 0 Å². The van der Waals surface area contributed by atoms with Gasteiger partial charge in [-0.3, -0.25) is 14.4 Å². The summed E-state index contributed by atoms with van der Waals surface area (Å²) in [6.07, 6.45) is 1.14. The first-order valence-corrected chi connectivity index (χ1v) is 5.35. The molecule has 0 radical (unpaired) electrons. The monoisotopic (exact) mass is 228 g/mol. The normalized spacial score (nSPS) is 19.2. The number of carbonyl (C=O) groups is 3. The zero-order chi connectivity index (χ0) is 12.6. The molecule has 0 saturated carbocycles. The third-order valence-electron chi connectivity index (χ3n) is 2.96. The van der Waals surface area contributed by atoms with Crippen molar-refractivity contribution in [3.05, 3.63) is 42.0 Å². The van der Waals surface area contributed by atoms with Crippen LogP contribution in [-0.4, -0.2) is 17.3 Å². The first-order valence-electron chi connectivity index (χ1n) is 5.35. The summed E-state index contributed by atoms with van der Waals surface area (Å²) >= 11 is 0. The second kappa shape index (κ2) is 3.77. The highest BCUT2D eigenvalue weighted by Gasteiger charge is 2.44. The van der Waals surface area contributed by atoms with Crippen LogP contribution in [-0.2, 0) is 14.4 Å². The average Bonchev–Trinajstić information content (AvgIpc) is 2.33. The van der Waals surface area contributed by atoms with E-state index in [-0.39, 0.29) is 5.78 Å². The Kier molecular flexibility index (Phi) is 2.54. The van der Waals surface area contributed by atoms with Crippen molar-refractivity contribution < 1.29 is 14.4 Å². The van der Waals surface area contributed by atoms with Gasteiger partial charge in [0.2, 0.25) is 11.6 Å². The number of benzene rings is 1. The molecule has 0 amide bonds. The van der Waals surface area contributed by atoms with Crippen LogP contribution < -0.4 is 0 Å². The number of hydrogen-bond acceptors (Lipinski definition) is 3. The molecule has 0 heterocycles. The number of carbonyl (C=O) groups excluding carboxylic acids is 3. The predicted molar refractivity (Wildman–Crippen MR) is 63.2 cm³/mol. The molecular weight excluding hydrogens is 216 g/mol. The quantitative estimate of drug-likeness (QED) is 0.544. The van der Waals surface area contributed by atoms with Gasteiger partial charge in [0.1, 0.15) is 0 Å². The summed E-state index contributed by atoms with van der Waals surface area (Å²) in [5, 5.41) is 0. The van der Waals surface area contributed by atoms with Crippen molar-refractivity contribution in [2.45, 2.75) is 13.8 Å². The van der Waals surface area contributed by atoms with Crippen LogP contribution in [0.3, 0.4) is 0 Å². The van der Waals surface area contributed by atoms with E-state index in [2.05, 4.69) is 0 Å². The van der Waals surface area contributed by atoms with Crippen molar-refractivity contribution in [3.63, 3.8) is 0 Å². The zero-order valence-electron chi connectivity index (χ0n) is 9.69. The highest BCUT2D eigenvalue weighted by atomic mass is 16.2. The van der Waals surface area contributed by atoms with Crippen LogP contribution >= 0.6 is 0 Å². The molecule has 3 nitrogen and oxygen atoms in total. The van der Waals surface area contributed by atoms with Crippen molar-refractivity contribution in [2.24, 2.45) is 5.41 Å². The standard InChI is InChI=1S/C14H12O3/c1-14(2)12(16)10(8-11(15)13(14)17)9-6-4-3-5-7-9/h3-8H,1-2H3. The second-order valence-electron chi connectivity index (χ2n) is 4.57. The van der Waals surface area contributed by atoms with Crippen LogP contribution in [0.15, 0.2) is 36.4 Å². The molecular formula is C14H12O3. The van der Waals surface area contributed by atoms with Crippen LogP contribution in [0.2, 0.25) is 0 Å². The first kappa shape index (κ1) is 11.5. The molecule has 0 bridgehead atoms. The molecule has 2 rings (SSSR count). The van der Waals surface area contributed by atoms with Gasteiger partial charge in [0, 0.05) is 11.6 Å². The Labute approximate surface area is 99.1 Å². The van der Waals surface area contributed by atoms with Crippen molar-refractivity contribution in [2.75, 3.05) is 0 Å². The lowest BCUT2D eigenvalue weighted by Gasteiger charge is -2.25. The molecule has 0 fully saturated rings. The van der Waals surface area contributed by atoms with Crippen molar-refractivity contribution in [3.8, 4) is 0 Å². The number of Topliss-reactive ketones (excluding diaryl/α,β-unsaturated/α-hetero) is 2. The summed E-state index contributed by atoms with van der Waals surface area (Å²) < 4.78 is 0. The van der Waals surface area contributed by atoms with Crippen molar-refractivity contribution in [1.29, 1.82) is 0 Å². The van der Waals surface area contributed by atoms with Crippen LogP contribution in [0.25, 0.3) is 5.57 Å². The highest BCUT2D eigenvalue weighted by Crippen LogP contribution is 2.32. The Hall–Kier alpha value is -2.03. The van der Waals surface area contributed by atoms with Crippen LogP contribution in [0.5, 0.6) is 0 Å². The van der Waals surface area contributed by atoms with E-state index >= 15 is 0 Å². The summed E-state index contributed by atoms with van der Waals surface area (Å²) in [5.41, 5.74) is -0.261. The van der Waals surface area contributed by atoms with E-state index in [1.54, 1.807) is 24.3 Å². The smallest absolute Gasteiger partial charge is 0.223 e. The van der Waals surface area contributed by atoms with Gasteiger partial charge in [-0.1, -0.05) is 30.3 Å². The molecule has 0 aromatic heterocycles. The van der Waals surface area contributed by atoms with E-state index < -0.39 is 17.0 Å².